The molecule has 38 heavy (non-hydrogen) atoms. The minimum atomic E-state index is -0.582. The summed E-state index contributed by atoms with van der Waals surface area (Å²) < 4.78 is 2.27. The van der Waals surface area contributed by atoms with E-state index in [0.717, 1.165) is 16.6 Å². The van der Waals surface area contributed by atoms with Gasteiger partial charge in [0, 0.05) is 17.1 Å². The van der Waals surface area contributed by atoms with Crippen molar-refractivity contribution in [3.63, 3.8) is 0 Å². The lowest BCUT2D eigenvalue weighted by Gasteiger charge is -2.37. The SMILES string of the molecule is BrCc1ccc(-c2ccccc2-c2cn(C(c3ccccc3)(c3ccccc3)c3ccccc3)cn2)cc1. The van der Waals surface area contributed by atoms with E-state index in [0.29, 0.717) is 0 Å². The van der Waals surface area contributed by atoms with E-state index >= 15 is 0 Å². The quantitative estimate of drug-likeness (QED) is 0.142. The molecule has 0 fully saturated rings. The largest absolute Gasteiger partial charge is 0.318 e. The third-order valence-corrected chi connectivity index (χ3v) is 7.81. The highest BCUT2D eigenvalue weighted by atomic mass is 79.9. The van der Waals surface area contributed by atoms with Gasteiger partial charge in [-0.3, -0.25) is 0 Å². The predicted molar refractivity (Wildman–Crippen MR) is 160 cm³/mol. The van der Waals surface area contributed by atoms with Crippen LogP contribution in [0, 0.1) is 0 Å². The Kier molecular flexibility index (Phi) is 6.76. The number of nitrogens with zero attached hydrogens (tertiary/aromatic N) is 2. The van der Waals surface area contributed by atoms with Gasteiger partial charge in [-0.15, -0.1) is 0 Å². The number of halogens is 1. The van der Waals surface area contributed by atoms with Crippen LogP contribution in [-0.2, 0) is 10.9 Å². The first-order valence-corrected chi connectivity index (χ1v) is 13.9. The Bertz CT molecular complexity index is 1530. The summed E-state index contributed by atoms with van der Waals surface area (Å²) in [5.74, 6) is 0. The Hall–Kier alpha value is -4.21. The van der Waals surface area contributed by atoms with Gasteiger partial charge >= 0.3 is 0 Å². The highest BCUT2D eigenvalue weighted by molar-refractivity contribution is 9.08. The van der Waals surface area contributed by atoms with Crippen LogP contribution in [0.3, 0.4) is 0 Å². The molecule has 0 spiro atoms. The molecule has 6 rings (SSSR count). The molecule has 0 saturated carbocycles. The minimum Gasteiger partial charge on any atom is -0.318 e. The van der Waals surface area contributed by atoms with Crippen LogP contribution in [0.15, 0.2) is 152 Å². The van der Waals surface area contributed by atoms with E-state index in [2.05, 4.69) is 166 Å². The molecular formula is C35H27BrN2. The van der Waals surface area contributed by atoms with Gasteiger partial charge in [-0.05, 0) is 33.4 Å². The third kappa shape index (κ3) is 4.29. The van der Waals surface area contributed by atoms with Gasteiger partial charge in [0.2, 0.25) is 0 Å². The molecule has 0 unspecified atom stereocenters. The standard InChI is InChI=1S/C35H27BrN2/c36-24-27-20-22-28(23-21-27)32-18-10-11-19-33(32)34-25-38(26-37-34)35(29-12-4-1-5-13-29,30-14-6-2-7-15-30)31-16-8-3-9-17-31/h1-23,25-26H,24H2. The molecule has 0 radical (unpaired) electrons. The molecule has 0 aliphatic rings. The molecule has 0 aliphatic heterocycles. The van der Waals surface area contributed by atoms with Crippen LogP contribution in [0.2, 0.25) is 0 Å². The molecular weight excluding hydrogens is 528 g/mol. The zero-order valence-electron chi connectivity index (χ0n) is 20.9. The van der Waals surface area contributed by atoms with Crippen molar-refractivity contribution in [3.05, 3.63) is 174 Å². The van der Waals surface area contributed by atoms with Crippen molar-refractivity contribution in [2.24, 2.45) is 0 Å². The Morgan fingerprint density at radius 2 is 1.03 bits per heavy atom. The number of benzene rings is 5. The summed E-state index contributed by atoms with van der Waals surface area (Å²) in [4.78, 5) is 5.00. The van der Waals surface area contributed by atoms with Gasteiger partial charge < -0.3 is 4.57 Å². The van der Waals surface area contributed by atoms with Crippen molar-refractivity contribution in [1.82, 2.24) is 9.55 Å². The number of rotatable bonds is 7. The van der Waals surface area contributed by atoms with E-state index in [1.807, 2.05) is 6.33 Å². The molecule has 3 heteroatoms. The predicted octanol–water partition coefficient (Wildman–Crippen LogP) is 8.95. The molecule has 0 amide bonds. The van der Waals surface area contributed by atoms with Crippen LogP contribution in [0.4, 0.5) is 0 Å². The van der Waals surface area contributed by atoms with Crippen molar-refractivity contribution in [3.8, 4) is 22.4 Å². The number of imidazole rings is 1. The van der Waals surface area contributed by atoms with E-state index in [1.165, 1.54) is 33.4 Å². The summed E-state index contributed by atoms with van der Waals surface area (Å²) in [6.45, 7) is 0. The maximum absolute atomic E-state index is 5.00. The van der Waals surface area contributed by atoms with Crippen molar-refractivity contribution in [2.75, 3.05) is 0 Å². The van der Waals surface area contributed by atoms with E-state index < -0.39 is 5.54 Å². The van der Waals surface area contributed by atoms with Crippen molar-refractivity contribution < 1.29 is 0 Å². The first-order valence-electron chi connectivity index (χ1n) is 12.8. The van der Waals surface area contributed by atoms with Crippen LogP contribution >= 0.6 is 15.9 Å². The summed E-state index contributed by atoms with van der Waals surface area (Å²) in [5, 5.41) is 0.847. The second-order valence-corrected chi connectivity index (χ2v) is 9.91. The Morgan fingerprint density at radius 1 is 0.553 bits per heavy atom. The monoisotopic (exact) mass is 554 g/mol. The normalized spacial score (nSPS) is 11.4. The third-order valence-electron chi connectivity index (χ3n) is 7.17. The molecule has 0 atom stereocenters. The lowest BCUT2D eigenvalue weighted by atomic mass is 9.76. The molecule has 184 valence electrons. The van der Waals surface area contributed by atoms with Gasteiger partial charge in [0.25, 0.3) is 0 Å². The van der Waals surface area contributed by atoms with Gasteiger partial charge in [-0.1, -0.05) is 155 Å². The zero-order chi connectivity index (χ0) is 25.8. The number of hydrogen-bond acceptors (Lipinski definition) is 1. The fraction of sp³-hybridized carbons (Fsp3) is 0.0571. The highest BCUT2D eigenvalue weighted by Crippen LogP contribution is 2.42. The van der Waals surface area contributed by atoms with Gasteiger partial charge in [-0.25, -0.2) is 4.98 Å². The Labute approximate surface area is 232 Å². The molecule has 0 saturated heterocycles. The van der Waals surface area contributed by atoms with Gasteiger partial charge in [0.15, 0.2) is 0 Å². The highest BCUT2D eigenvalue weighted by Gasteiger charge is 2.38. The lowest BCUT2D eigenvalue weighted by molar-refractivity contribution is 0.515. The Balaban J connectivity index is 1.57. The van der Waals surface area contributed by atoms with Crippen LogP contribution in [0.5, 0.6) is 0 Å². The molecule has 6 aromatic rings. The van der Waals surface area contributed by atoms with Crippen LogP contribution in [0.25, 0.3) is 22.4 Å². The van der Waals surface area contributed by atoms with Crippen molar-refractivity contribution >= 4 is 15.9 Å². The van der Waals surface area contributed by atoms with Crippen molar-refractivity contribution in [2.45, 2.75) is 10.9 Å². The average molecular weight is 556 g/mol. The second-order valence-electron chi connectivity index (χ2n) is 9.35. The molecule has 0 N–H and O–H groups in total. The van der Waals surface area contributed by atoms with Gasteiger partial charge in [0.1, 0.15) is 5.54 Å². The summed E-state index contributed by atoms with van der Waals surface area (Å²) in [6.07, 6.45) is 4.17. The fourth-order valence-corrected chi connectivity index (χ4v) is 5.74. The molecule has 1 heterocycles. The van der Waals surface area contributed by atoms with E-state index in [9.17, 15) is 0 Å². The van der Waals surface area contributed by atoms with E-state index in [1.54, 1.807) is 0 Å². The molecule has 5 aromatic carbocycles. The minimum absolute atomic E-state index is 0.582. The lowest BCUT2D eigenvalue weighted by Crippen LogP contribution is -2.36. The van der Waals surface area contributed by atoms with Crippen LogP contribution < -0.4 is 0 Å². The molecule has 0 bridgehead atoms. The summed E-state index contributed by atoms with van der Waals surface area (Å²) in [5.41, 5.74) is 8.62. The van der Waals surface area contributed by atoms with E-state index in [-0.39, 0.29) is 0 Å². The number of alkyl halides is 1. The van der Waals surface area contributed by atoms with Gasteiger partial charge in [-0.2, -0.15) is 0 Å². The number of hydrogen-bond donors (Lipinski definition) is 0. The zero-order valence-corrected chi connectivity index (χ0v) is 22.5. The second kappa shape index (κ2) is 10.6. The summed E-state index contributed by atoms with van der Waals surface area (Å²) in [6, 6.07) is 49.4. The van der Waals surface area contributed by atoms with Gasteiger partial charge in [0.05, 0.1) is 12.0 Å². The maximum Gasteiger partial charge on any atom is 0.121 e. The van der Waals surface area contributed by atoms with E-state index in [4.69, 9.17) is 4.98 Å². The summed E-state index contributed by atoms with van der Waals surface area (Å²) >= 11 is 3.56. The molecule has 2 nitrogen and oxygen atoms in total. The topological polar surface area (TPSA) is 17.8 Å². The fourth-order valence-electron chi connectivity index (χ4n) is 5.36. The first kappa shape index (κ1) is 24.1. The van der Waals surface area contributed by atoms with Crippen LogP contribution in [0.1, 0.15) is 22.3 Å². The summed E-state index contributed by atoms with van der Waals surface area (Å²) in [7, 11) is 0. The molecule has 1 aromatic heterocycles. The van der Waals surface area contributed by atoms with Crippen LogP contribution in [-0.4, -0.2) is 9.55 Å². The van der Waals surface area contributed by atoms with Crippen molar-refractivity contribution in [1.29, 1.82) is 0 Å². The maximum atomic E-state index is 5.00. The first-order chi connectivity index (χ1) is 18.8. The smallest absolute Gasteiger partial charge is 0.121 e. The average Bonchev–Trinajstić information content (AvgIpc) is 3.50. The Morgan fingerprint density at radius 3 is 1.53 bits per heavy atom. The number of aromatic nitrogens is 2. The molecule has 0 aliphatic carbocycles.